The van der Waals surface area contributed by atoms with Gasteiger partial charge in [-0.3, -0.25) is 14.6 Å². The van der Waals surface area contributed by atoms with E-state index in [9.17, 15) is 4.79 Å². The quantitative estimate of drug-likeness (QED) is 0.265. The van der Waals surface area contributed by atoms with Crippen LogP contribution in [0.15, 0.2) is 66.5 Å². The Hall–Kier alpha value is -4.39. The van der Waals surface area contributed by atoms with Crippen LogP contribution in [-0.2, 0) is 9.53 Å². The number of nitrogen functional groups attached to an aromatic ring is 1. The molecule has 1 atom stereocenters. The van der Waals surface area contributed by atoms with Crippen LogP contribution < -0.4 is 10.5 Å². The van der Waals surface area contributed by atoms with Crippen LogP contribution in [0.25, 0.3) is 22.3 Å². The predicted octanol–water partition coefficient (Wildman–Crippen LogP) is 4.91. The number of nitrogens with two attached hydrogens (primary N) is 1. The van der Waals surface area contributed by atoms with Gasteiger partial charge in [0.15, 0.2) is 5.65 Å². The first kappa shape index (κ1) is 32.2. The Morgan fingerprint density at radius 1 is 1.02 bits per heavy atom. The molecule has 1 amide bonds. The topological polar surface area (TPSA) is 115 Å². The fraction of sp³-hybridized carbons (Fsp3) is 0.444. The number of amides is 1. The van der Waals surface area contributed by atoms with Gasteiger partial charge in [-0.15, -0.1) is 0 Å². The van der Waals surface area contributed by atoms with Crippen LogP contribution in [-0.4, -0.2) is 104 Å². The van der Waals surface area contributed by atoms with Gasteiger partial charge in [0.05, 0.1) is 30.7 Å². The summed E-state index contributed by atoms with van der Waals surface area (Å²) in [5.41, 5.74) is 7.97. The van der Waals surface area contributed by atoms with E-state index >= 15 is 4.39 Å². The molecule has 3 fully saturated rings. The Morgan fingerprint density at radius 2 is 1.79 bits per heavy atom. The fourth-order valence-electron chi connectivity index (χ4n) is 7.18. The zero-order valence-corrected chi connectivity index (χ0v) is 27.8. The number of ether oxygens (including phenoxy) is 2. The Balaban J connectivity index is 1.09. The molecule has 2 N–H and O–H groups in total. The number of piperidine rings is 1. The molecule has 0 aliphatic carbocycles. The molecule has 3 aliphatic rings. The molecular weight excluding hydrogens is 611 g/mol. The maximum Gasteiger partial charge on any atom is 0.249 e. The molecule has 2 aromatic heterocycles. The maximum absolute atomic E-state index is 15.7. The summed E-state index contributed by atoms with van der Waals surface area (Å²) in [6.07, 6.45) is 5.11. The van der Waals surface area contributed by atoms with Crippen molar-refractivity contribution in [1.82, 2.24) is 34.4 Å². The number of hydrogen-bond donors (Lipinski definition) is 1. The number of hydrogen-bond acceptors (Lipinski definition) is 9. The SMILES string of the molecule is CC(=CC(C)(C)N1CCN(C2COC2)CC1)C(=O)N1CCC[C@@H](n2nc(-c3ccc(Oc4ccccc4)cc3F)c3c(N)ncnc32)C1. The average molecular weight is 655 g/mol. The van der Waals surface area contributed by atoms with Crippen molar-refractivity contribution in [3.8, 4) is 22.8 Å². The average Bonchev–Trinajstić information content (AvgIpc) is 3.45. The number of fused-ring (bicyclic) bond motifs is 1. The van der Waals surface area contributed by atoms with Crippen LogP contribution in [0.1, 0.15) is 39.7 Å². The first-order chi connectivity index (χ1) is 23.2. The molecule has 252 valence electrons. The fourth-order valence-corrected chi connectivity index (χ4v) is 7.18. The molecule has 0 unspecified atom stereocenters. The standard InChI is InChI=1S/C36H43FN8O3/c1-24(19-36(2,3)44-16-14-42(15-17-44)26-21-47-22-26)35(46)43-13-7-8-25(20-43)45-34-31(33(38)39-23-40-34)32(41-45)29-12-11-28(18-30(29)37)48-27-9-5-4-6-10-27/h4-6,9-12,18-19,23,25-26H,7-8,13-17,20-22H2,1-3H3,(H2,38,39,40)/t25-/m1/s1. The monoisotopic (exact) mass is 654 g/mol. The lowest BCUT2D eigenvalue weighted by molar-refractivity contribution is -0.128. The van der Waals surface area contributed by atoms with Crippen molar-refractivity contribution in [2.75, 3.05) is 58.2 Å². The molecule has 5 heterocycles. The predicted molar refractivity (Wildman–Crippen MR) is 182 cm³/mol. The number of aromatic nitrogens is 4. The van der Waals surface area contributed by atoms with Crippen molar-refractivity contribution in [2.24, 2.45) is 0 Å². The van der Waals surface area contributed by atoms with E-state index in [2.05, 4.69) is 39.7 Å². The van der Waals surface area contributed by atoms with E-state index in [4.69, 9.17) is 20.3 Å². The van der Waals surface area contributed by atoms with Gasteiger partial charge >= 0.3 is 0 Å². The smallest absolute Gasteiger partial charge is 0.249 e. The van der Waals surface area contributed by atoms with Gasteiger partial charge in [-0.25, -0.2) is 19.0 Å². The number of carbonyl (C=O) groups excluding carboxylic acids is 1. The van der Waals surface area contributed by atoms with E-state index in [-0.39, 0.29) is 28.9 Å². The highest BCUT2D eigenvalue weighted by atomic mass is 19.1. The van der Waals surface area contributed by atoms with E-state index in [0.717, 1.165) is 57.8 Å². The number of rotatable bonds is 8. The van der Waals surface area contributed by atoms with E-state index in [1.165, 1.54) is 12.4 Å². The minimum atomic E-state index is -0.500. The lowest BCUT2D eigenvalue weighted by Gasteiger charge is -2.47. The molecule has 7 rings (SSSR count). The molecule has 3 aliphatic heterocycles. The van der Waals surface area contributed by atoms with Gasteiger partial charge in [0.1, 0.15) is 35.2 Å². The molecule has 48 heavy (non-hydrogen) atoms. The van der Waals surface area contributed by atoms with E-state index in [1.807, 2.05) is 42.2 Å². The molecule has 0 bridgehead atoms. The van der Waals surface area contributed by atoms with Gasteiger partial charge in [0.2, 0.25) is 5.91 Å². The Bertz CT molecular complexity index is 1810. The molecular formula is C36H43FN8O3. The van der Waals surface area contributed by atoms with Gasteiger partial charge in [0, 0.05) is 62.0 Å². The van der Waals surface area contributed by atoms with Crippen LogP contribution in [0, 0.1) is 5.82 Å². The largest absolute Gasteiger partial charge is 0.457 e. The molecule has 2 aromatic carbocycles. The van der Waals surface area contributed by atoms with Crippen molar-refractivity contribution in [2.45, 2.75) is 51.2 Å². The Kier molecular flexibility index (Phi) is 8.88. The number of nitrogens with zero attached hydrogens (tertiary/aromatic N) is 7. The summed E-state index contributed by atoms with van der Waals surface area (Å²) >= 11 is 0. The van der Waals surface area contributed by atoms with E-state index in [0.29, 0.717) is 47.4 Å². The van der Waals surface area contributed by atoms with Crippen LogP contribution in [0.5, 0.6) is 11.5 Å². The van der Waals surface area contributed by atoms with Crippen LogP contribution in [0.3, 0.4) is 0 Å². The zero-order chi connectivity index (χ0) is 33.4. The molecule has 0 saturated carbocycles. The zero-order valence-electron chi connectivity index (χ0n) is 27.8. The van der Waals surface area contributed by atoms with Crippen LogP contribution >= 0.6 is 0 Å². The summed E-state index contributed by atoms with van der Waals surface area (Å²) in [6.45, 7) is 13.0. The summed E-state index contributed by atoms with van der Waals surface area (Å²) < 4.78 is 28.7. The lowest BCUT2D eigenvalue weighted by Crippen LogP contribution is -2.59. The number of halogens is 1. The van der Waals surface area contributed by atoms with Crippen LogP contribution in [0.4, 0.5) is 10.2 Å². The second-order valence-corrected chi connectivity index (χ2v) is 13.5. The van der Waals surface area contributed by atoms with Gasteiger partial charge in [0.25, 0.3) is 0 Å². The van der Waals surface area contributed by atoms with Gasteiger partial charge < -0.3 is 20.1 Å². The van der Waals surface area contributed by atoms with E-state index in [1.54, 1.807) is 16.8 Å². The van der Waals surface area contributed by atoms with Crippen molar-refractivity contribution in [3.05, 3.63) is 72.3 Å². The third-order valence-electron chi connectivity index (χ3n) is 9.90. The number of carbonyl (C=O) groups is 1. The van der Waals surface area contributed by atoms with Gasteiger partial charge in [-0.2, -0.15) is 5.10 Å². The minimum Gasteiger partial charge on any atom is -0.457 e. The number of benzene rings is 2. The third-order valence-corrected chi connectivity index (χ3v) is 9.90. The van der Waals surface area contributed by atoms with Gasteiger partial charge in [-0.1, -0.05) is 24.3 Å². The second-order valence-electron chi connectivity index (χ2n) is 13.5. The molecule has 11 nitrogen and oxygen atoms in total. The van der Waals surface area contributed by atoms with E-state index < -0.39 is 5.82 Å². The van der Waals surface area contributed by atoms with Crippen molar-refractivity contribution in [3.63, 3.8) is 0 Å². The first-order valence-corrected chi connectivity index (χ1v) is 16.7. The second kappa shape index (κ2) is 13.3. The van der Waals surface area contributed by atoms with Crippen molar-refractivity contribution >= 4 is 22.8 Å². The third kappa shape index (κ3) is 6.39. The van der Waals surface area contributed by atoms with Crippen molar-refractivity contribution < 1.29 is 18.7 Å². The highest BCUT2D eigenvalue weighted by Crippen LogP contribution is 2.36. The Labute approximate surface area is 280 Å². The van der Waals surface area contributed by atoms with Crippen molar-refractivity contribution in [1.29, 1.82) is 0 Å². The summed E-state index contributed by atoms with van der Waals surface area (Å²) in [7, 11) is 0. The summed E-state index contributed by atoms with van der Waals surface area (Å²) in [5, 5.41) is 5.37. The number of para-hydroxylation sites is 1. The normalized spacial score (nSPS) is 20.2. The number of likely N-dealkylation sites (tertiary alicyclic amines) is 1. The highest BCUT2D eigenvalue weighted by Gasteiger charge is 2.35. The lowest BCUT2D eigenvalue weighted by atomic mass is 9.96. The molecule has 4 aromatic rings. The summed E-state index contributed by atoms with van der Waals surface area (Å²) in [6, 6.07) is 14.3. The summed E-state index contributed by atoms with van der Waals surface area (Å²) in [5.74, 6) is 0.718. The minimum absolute atomic E-state index is 0.0175. The number of anilines is 1. The molecule has 0 spiro atoms. The molecule has 0 radical (unpaired) electrons. The number of piperazine rings is 1. The Morgan fingerprint density at radius 3 is 2.50 bits per heavy atom. The first-order valence-electron chi connectivity index (χ1n) is 16.7. The van der Waals surface area contributed by atoms with Gasteiger partial charge in [-0.05, 0) is 57.9 Å². The molecule has 12 heteroatoms. The highest BCUT2D eigenvalue weighted by molar-refractivity contribution is 5.98. The molecule has 3 saturated heterocycles. The maximum atomic E-state index is 15.7. The summed E-state index contributed by atoms with van der Waals surface area (Å²) in [4.78, 5) is 29.5. The van der Waals surface area contributed by atoms with Crippen LogP contribution in [0.2, 0.25) is 0 Å².